The molecule has 0 saturated heterocycles. The number of carboxylic acid groups (broad SMARTS) is 1. The van der Waals surface area contributed by atoms with Gasteiger partial charge in [-0.3, -0.25) is 0 Å². The molecule has 0 aliphatic carbocycles. The summed E-state index contributed by atoms with van der Waals surface area (Å²) in [4.78, 5) is 10.9. The van der Waals surface area contributed by atoms with E-state index in [0.717, 1.165) is 11.1 Å². The lowest BCUT2D eigenvalue weighted by molar-refractivity contribution is -0.131. The maximum absolute atomic E-state index is 10.9. The molecule has 1 aromatic carbocycles. The van der Waals surface area contributed by atoms with E-state index in [9.17, 15) is 4.79 Å². The summed E-state index contributed by atoms with van der Waals surface area (Å²) in [6, 6.07) is 8.10. The molecule has 0 aliphatic rings. The highest BCUT2D eigenvalue weighted by molar-refractivity contribution is 6.84. The number of aliphatic carboxylic acids is 1. The summed E-state index contributed by atoms with van der Waals surface area (Å²) in [6.45, 7) is 12.5. The fourth-order valence-corrected chi connectivity index (χ4v) is 5.11. The second-order valence-electron chi connectivity index (χ2n) is 6.67. The molecule has 0 amide bonds. The molecule has 116 valence electrons. The van der Waals surface area contributed by atoms with E-state index in [2.05, 4.69) is 46.0 Å². The van der Waals surface area contributed by atoms with Crippen LogP contribution in [0.4, 0.5) is 0 Å². The zero-order chi connectivity index (χ0) is 16.3. The summed E-state index contributed by atoms with van der Waals surface area (Å²) < 4.78 is 6.26. The van der Waals surface area contributed by atoms with Gasteiger partial charge in [-0.2, -0.15) is 0 Å². The van der Waals surface area contributed by atoms with E-state index in [1.54, 1.807) is 0 Å². The second kappa shape index (κ2) is 6.58. The van der Waals surface area contributed by atoms with Crippen LogP contribution in [0.3, 0.4) is 0 Å². The van der Waals surface area contributed by atoms with Crippen LogP contribution >= 0.6 is 0 Å². The number of carboxylic acids is 1. The minimum atomic E-state index is -2.02. The van der Waals surface area contributed by atoms with Gasteiger partial charge in [0.2, 0.25) is 8.32 Å². The minimum absolute atomic E-state index is 0.184. The van der Waals surface area contributed by atoms with Gasteiger partial charge in [0.15, 0.2) is 0 Å². The summed E-state index contributed by atoms with van der Waals surface area (Å²) >= 11 is 0. The fourth-order valence-electron chi connectivity index (χ4n) is 2.46. The van der Waals surface area contributed by atoms with Crippen molar-refractivity contribution in [3.8, 4) is 0 Å². The predicted molar refractivity (Wildman–Crippen MR) is 90.3 cm³/mol. The quantitative estimate of drug-likeness (QED) is 0.665. The van der Waals surface area contributed by atoms with Gasteiger partial charge in [0.25, 0.3) is 0 Å². The Balaban J connectivity index is 3.19. The molecule has 0 radical (unpaired) electrons. The fraction of sp³-hybridized carbons (Fsp3) is 0.471. The molecule has 0 heterocycles. The van der Waals surface area contributed by atoms with Crippen LogP contribution in [-0.2, 0) is 9.22 Å². The zero-order valence-electron chi connectivity index (χ0n) is 13.9. The summed E-state index contributed by atoms with van der Waals surface area (Å²) in [5.74, 6) is -0.903. The van der Waals surface area contributed by atoms with Gasteiger partial charge in [0, 0.05) is 11.7 Å². The number of benzene rings is 1. The van der Waals surface area contributed by atoms with Crippen LogP contribution in [0.1, 0.15) is 39.7 Å². The van der Waals surface area contributed by atoms with Gasteiger partial charge >= 0.3 is 5.97 Å². The van der Waals surface area contributed by atoms with Crippen LogP contribution < -0.4 is 5.19 Å². The van der Waals surface area contributed by atoms with Crippen LogP contribution in [0.5, 0.6) is 0 Å². The van der Waals surface area contributed by atoms with Crippen molar-refractivity contribution in [3.63, 3.8) is 0 Å². The third kappa shape index (κ3) is 5.48. The standard InChI is InChI=1S/C17H26O3Si/c1-7-13(12-16(18)19)14-9-8-10-15(11-14)21(5,6)20-17(2,3)4/h8-12H,7H2,1-6H3,(H,18,19)/b13-12+. The summed E-state index contributed by atoms with van der Waals surface area (Å²) in [5.41, 5.74) is 1.62. The molecule has 0 spiro atoms. The largest absolute Gasteiger partial charge is 0.478 e. The Hall–Kier alpha value is -1.39. The maximum Gasteiger partial charge on any atom is 0.328 e. The van der Waals surface area contributed by atoms with Crippen molar-refractivity contribution in [1.82, 2.24) is 0 Å². The van der Waals surface area contributed by atoms with E-state index in [1.807, 2.05) is 19.1 Å². The molecule has 0 atom stereocenters. The number of allylic oxidation sites excluding steroid dienone is 1. The summed E-state index contributed by atoms with van der Waals surface area (Å²) in [5, 5.41) is 10.1. The first-order valence-corrected chi connectivity index (χ1v) is 10.2. The number of hydrogen-bond donors (Lipinski definition) is 1. The molecular formula is C17H26O3Si. The number of hydrogen-bond acceptors (Lipinski definition) is 2. The molecule has 0 aliphatic heterocycles. The Morgan fingerprint density at radius 3 is 2.43 bits per heavy atom. The molecule has 0 bridgehead atoms. The van der Waals surface area contributed by atoms with Gasteiger partial charge in [-0.05, 0) is 56.6 Å². The van der Waals surface area contributed by atoms with Crippen LogP contribution in [0, 0.1) is 0 Å². The van der Waals surface area contributed by atoms with E-state index in [0.29, 0.717) is 6.42 Å². The van der Waals surface area contributed by atoms with Gasteiger partial charge in [0.05, 0.1) is 0 Å². The molecule has 1 aromatic rings. The molecule has 21 heavy (non-hydrogen) atoms. The monoisotopic (exact) mass is 306 g/mol. The van der Waals surface area contributed by atoms with E-state index < -0.39 is 14.3 Å². The lowest BCUT2D eigenvalue weighted by atomic mass is 10.0. The Labute approximate surface area is 128 Å². The summed E-state index contributed by atoms with van der Waals surface area (Å²) in [7, 11) is -2.02. The van der Waals surface area contributed by atoms with Gasteiger partial charge in [-0.1, -0.05) is 31.2 Å². The summed E-state index contributed by atoms with van der Waals surface area (Å²) in [6.07, 6.45) is 1.98. The van der Waals surface area contributed by atoms with Crippen LogP contribution in [0.25, 0.3) is 5.57 Å². The Morgan fingerprint density at radius 2 is 1.95 bits per heavy atom. The SMILES string of the molecule is CC/C(=C\C(=O)O)c1cccc([Si](C)(C)OC(C)(C)C)c1. The molecule has 0 fully saturated rings. The molecule has 0 aromatic heterocycles. The first kappa shape index (κ1) is 17.7. The highest BCUT2D eigenvalue weighted by Gasteiger charge is 2.30. The maximum atomic E-state index is 10.9. The van der Waals surface area contributed by atoms with Crippen molar-refractivity contribution in [2.24, 2.45) is 0 Å². The second-order valence-corrected chi connectivity index (χ2v) is 10.5. The van der Waals surface area contributed by atoms with Crippen LogP contribution in [-0.4, -0.2) is 25.0 Å². The van der Waals surface area contributed by atoms with Gasteiger partial charge < -0.3 is 9.53 Å². The smallest absolute Gasteiger partial charge is 0.328 e. The molecular weight excluding hydrogens is 280 g/mol. The Kier molecular flexibility index (Phi) is 5.53. The highest BCUT2D eigenvalue weighted by Crippen LogP contribution is 2.21. The Morgan fingerprint density at radius 1 is 1.33 bits per heavy atom. The first-order valence-electron chi connectivity index (χ1n) is 7.30. The molecule has 3 nitrogen and oxygen atoms in total. The number of carbonyl (C=O) groups is 1. The molecule has 1 N–H and O–H groups in total. The highest BCUT2D eigenvalue weighted by atomic mass is 28.4. The van der Waals surface area contributed by atoms with Crippen molar-refractivity contribution in [1.29, 1.82) is 0 Å². The molecule has 0 saturated carbocycles. The lowest BCUT2D eigenvalue weighted by Crippen LogP contribution is -2.49. The van der Waals surface area contributed by atoms with Gasteiger partial charge in [-0.15, -0.1) is 0 Å². The van der Waals surface area contributed by atoms with Crippen molar-refractivity contribution < 1.29 is 14.3 Å². The zero-order valence-corrected chi connectivity index (χ0v) is 14.9. The third-order valence-corrected chi connectivity index (χ3v) is 5.99. The van der Waals surface area contributed by atoms with Crippen molar-refractivity contribution in [2.75, 3.05) is 0 Å². The molecule has 4 heteroatoms. The van der Waals surface area contributed by atoms with E-state index in [4.69, 9.17) is 9.53 Å². The van der Waals surface area contributed by atoms with E-state index in [1.165, 1.54) is 11.3 Å². The first-order chi connectivity index (χ1) is 9.55. The van der Waals surface area contributed by atoms with E-state index >= 15 is 0 Å². The van der Waals surface area contributed by atoms with Crippen LogP contribution in [0.15, 0.2) is 30.3 Å². The molecule has 1 rings (SSSR count). The van der Waals surface area contributed by atoms with E-state index in [-0.39, 0.29) is 5.60 Å². The van der Waals surface area contributed by atoms with Crippen molar-refractivity contribution in [3.05, 3.63) is 35.9 Å². The topological polar surface area (TPSA) is 46.5 Å². The Bertz CT molecular complexity index is 539. The average Bonchev–Trinajstić information content (AvgIpc) is 2.33. The van der Waals surface area contributed by atoms with Crippen LogP contribution in [0.2, 0.25) is 13.1 Å². The predicted octanol–water partition coefficient (Wildman–Crippen LogP) is 3.79. The van der Waals surface area contributed by atoms with Gasteiger partial charge in [0.1, 0.15) is 0 Å². The third-order valence-electron chi connectivity index (χ3n) is 3.17. The minimum Gasteiger partial charge on any atom is -0.478 e. The van der Waals surface area contributed by atoms with Gasteiger partial charge in [-0.25, -0.2) is 4.79 Å². The average molecular weight is 306 g/mol. The number of rotatable bonds is 5. The lowest BCUT2D eigenvalue weighted by Gasteiger charge is -2.33. The normalized spacial score (nSPS) is 13.3. The van der Waals surface area contributed by atoms with Crippen molar-refractivity contribution in [2.45, 2.75) is 52.8 Å². The molecule has 0 unspecified atom stereocenters. The van der Waals surface area contributed by atoms with Crippen molar-refractivity contribution >= 4 is 25.0 Å².